The first-order valence-corrected chi connectivity index (χ1v) is 2.85. The van der Waals surface area contributed by atoms with E-state index in [0.717, 1.165) is 13.2 Å². The summed E-state index contributed by atoms with van der Waals surface area (Å²) in [6.07, 6.45) is 0. The van der Waals surface area contributed by atoms with Gasteiger partial charge in [0.25, 0.3) is 0 Å². The first-order chi connectivity index (χ1) is 3.27. The van der Waals surface area contributed by atoms with Crippen LogP contribution < -0.4 is 0 Å². The van der Waals surface area contributed by atoms with E-state index < -0.39 is 0 Å². The van der Waals surface area contributed by atoms with Crippen LogP contribution in [0.25, 0.3) is 0 Å². The summed E-state index contributed by atoms with van der Waals surface area (Å²) >= 11 is 2.14. The third-order valence-corrected chi connectivity index (χ3v) is 0.965. The molecule has 7 heavy (non-hydrogen) atoms. The SMILES string of the molecule is CN(C)CC[O][Ru]. The summed E-state index contributed by atoms with van der Waals surface area (Å²) in [4.78, 5) is 2.08. The zero-order valence-corrected chi connectivity index (χ0v) is 6.36. The summed E-state index contributed by atoms with van der Waals surface area (Å²) in [6, 6.07) is 0. The van der Waals surface area contributed by atoms with Crippen LogP contribution in [-0.4, -0.2) is 32.1 Å². The maximum absolute atomic E-state index is 4.74. The van der Waals surface area contributed by atoms with Crippen molar-refractivity contribution >= 4 is 0 Å². The van der Waals surface area contributed by atoms with Gasteiger partial charge in [-0.15, -0.1) is 0 Å². The molecule has 0 fully saturated rings. The number of likely N-dealkylation sites (N-methyl/N-ethyl adjacent to an activating group) is 1. The van der Waals surface area contributed by atoms with E-state index in [9.17, 15) is 0 Å². The second-order valence-corrected chi connectivity index (χ2v) is 2.11. The van der Waals surface area contributed by atoms with Crippen molar-refractivity contribution < 1.29 is 22.2 Å². The quantitative estimate of drug-likeness (QED) is 0.581. The van der Waals surface area contributed by atoms with E-state index in [-0.39, 0.29) is 0 Å². The monoisotopic (exact) mass is 190 g/mol. The molecule has 0 spiro atoms. The molecule has 0 unspecified atom stereocenters. The molecule has 0 amide bonds. The van der Waals surface area contributed by atoms with Gasteiger partial charge in [-0.05, 0) is 0 Å². The molecule has 45 valence electrons. The number of hydrogen-bond donors (Lipinski definition) is 0. The van der Waals surface area contributed by atoms with Crippen molar-refractivity contribution in [3.8, 4) is 0 Å². The summed E-state index contributed by atoms with van der Waals surface area (Å²) < 4.78 is 4.74. The Kier molecular flexibility index (Phi) is 5.06. The van der Waals surface area contributed by atoms with Gasteiger partial charge < -0.3 is 0 Å². The minimum absolute atomic E-state index is 0.795. The van der Waals surface area contributed by atoms with Gasteiger partial charge in [-0.3, -0.25) is 0 Å². The van der Waals surface area contributed by atoms with Crippen LogP contribution in [0.4, 0.5) is 0 Å². The fourth-order valence-electron chi connectivity index (χ4n) is 0.215. The van der Waals surface area contributed by atoms with Crippen LogP contribution in [0.1, 0.15) is 0 Å². The summed E-state index contributed by atoms with van der Waals surface area (Å²) in [7, 11) is 4.04. The van der Waals surface area contributed by atoms with Crippen molar-refractivity contribution in [2.45, 2.75) is 0 Å². The Morgan fingerprint density at radius 3 is 2.29 bits per heavy atom. The van der Waals surface area contributed by atoms with Crippen molar-refractivity contribution in [3.05, 3.63) is 0 Å². The first-order valence-electron chi connectivity index (χ1n) is 2.14. The fourth-order valence-corrected chi connectivity index (χ4v) is 0.374. The van der Waals surface area contributed by atoms with Crippen LogP contribution in [-0.2, 0) is 22.2 Å². The Morgan fingerprint density at radius 1 is 1.57 bits per heavy atom. The topological polar surface area (TPSA) is 12.5 Å². The van der Waals surface area contributed by atoms with Gasteiger partial charge in [-0.2, -0.15) is 0 Å². The molecule has 0 bridgehead atoms. The summed E-state index contributed by atoms with van der Waals surface area (Å²) in [5, 5.41) is 0. The van der Waals surface area contributed by atoms with Crippen LogP contribution in [0.5, 0.6) is 0 Å². The standard InChI is InChI=1S/C4H10NO.Ru/c1-5(2)3-4-6;/h3-4H2,1-2H3;/q-1;+1. The molecule has 0 heterocycles. The molecule has 2 nitrogen and oxygen atoms in total. The molecule has 0 aromatic carbocycles. The van der Waals surface area contributed by atoms with Crippen LogP contribution in [0, 0.1) is 0 Å². The van der Waals surface area contributed by atoms with E-state index in [2.05, 4.69) is 23.6 Å². The summed E-state index contributed by atoms with van der Waals surface area (Å²) in [6.45, 7) is 1.79. The van der Waals surface area contributed by atoms with Gasteiger partial charge in [0.1, 0.15) is 0 Å². The molecular weight excluding hydrogens is 179 g/mol. The predicted octanol–water partition coefficient (Wildman–Crippen LogP) is 0.0264. The Morgan fingerprint density at radius 2 is 2.14 bits per heavy atom. The molecule has 0 saturated carbocycles. The van der Waals surface area contributed by atoms with Gasteiger partial charge in [0, 0.05) is 0 Å². The van der Waals surface area contributed by atoms with Gasteiger partial charge >= 0.3 is 54.4 Å². The summed E-state index contributed by atoms with van der Waals surface area (Å²) in [5.41, 5.74) is 0. The molecule has 0 rings (SSSR count). The van der Waals surface area contributed by atoms with E-state index in [0.29, 0.717) is 0 Å². The van der Waals surface area contributed by atoms with Crippen molar-refractivity contribution in [1.82, 2.24) is 4.90 Å². The predicted molar refractivity (Wildman–Crippen MR) is 24.5 cm³/mol. The molecule has 0 aliphatic heterocycles. The van der Waals surface area contributed by atoms with Gasteiger partial charge in [0.15, 0.2) is 0 Å². The zero-order valence-electron chi connectivity index (χ0n) is 4.62. The zero-order chi connectivity index (χ0) is 5.70. The average molecular weight is 189 g/mol. The van der Waals surface area contributed by atoms with E-state index in [4.69, 9.17) is 3.56 Å². The molecule has 0 aromatic heterocycles. The molecular formula is C4H10NORu. The van der Waals surface area contributed by atoms with Gasteiger partial charge in [0.2, 0.25) is 0 Å². The molecule has 0 aromatic rings. The Labute approximate surface area is 54.9 Å². The van der Waals surface area contributed by atoms with Crippen molar-refractivity contribution in [1.29, 1.82) is 0 Å². The number of hydrogen-bond acceptors (Lipinski definition) is 2. The second-order valence-electron chi connectivity index (χ2n) is 1.61. The first kappa shape index (κ1) is 7.54. The van der Waals surface area contributed by atoms with Crippen LogP contribution in [0.2, 0.25) is 0 Å². The van der Waals surface area contributed by atoms with Gasteiger partial charge in [-0.1, -0.05) is 0 Å². The van der Waals surface area contributed by atoms with Crippen LogP contribution in [0.3, 0.4) is 0 Å². The van der Waals surface area contributed by atoms with Crippen molar-refractivity contribution in [2.75, 3.05) is 27.2 Å². The number of rotatable bonds is 3. The Hall–Kier alpha value is 0.543. The molecule has 0 N–H and O–H groups in total. The van der Waals surface area contributed by atoms with E-state index in [1.807, 2.05) is 14.1 Å². The second kappa shape index (κ2) is 4.70. The molecule has 0 aliphatic rings. The maximum atomic E-state index is 4.74. The van der Waals surface area contributed by atoms with E-state index >= 15 is 0 Å². The molecule has 0 atom stereocenters. The normalized spacial score (nSPS) is 10.3. The molecule has 0 aliphatic carbocycles. The van der Waals surface area contributed by atoms with E-state index in [1.54, 1.807) is 0 Å². The average Bonchev–Trinajstić information content (AvgIpc) is 1.61. The molecule has 3 heteroatoms. The van der Waals surface area contributed by atoms with Gasteiger partial charge in [0.05, 0.1) is 0 Å². The fraction of sp³-hybridized carbons (Fsp3) is 1.00. The Balaban J connectivity index is 2.68. The summed E-state index contributed by atoms with van der Waals surface area (Å²) in [5.74, 6) is 0. The van der Waals surface area contributed by atoms with Gasteiger partial charge in [-0.25, -0.2) is 0 Å². The molecule has 0 radical (unpaired) electrons. The van der Waals surface area contributed by atoms with Crippen molar-refractivity contribution in [2.24, 2.45) is 0 Å². The third kappa shape index (κ3) is 6.54. The Bertz CT molecular complexity index is 40.7. The molecule has 0 saturated heterocycles. The number of nitrogens with zero attached hydrogens (tertiary/aromatic N) is 1. The minimum atomic E-state index is 0.795. The third-order valence-electron chi connectivity index (χ3n) is 0.611. The van der Waals surface area contributed by atoms with Crippen LogP contribution >= 0.6 is 0 Å². The van der Waals surface area contributed by atoms with E-state index in [1.165, 1.54) is 0 Å². The van der Waals surface area contributed by atoms with Crippen molar-refractivity contribution in [3.63, 3.8) is 0 Å². The van der Waals surface area contributed by atoms with Crippen LogP contribution in [0.15, 0.2) is 0 Å².